The molecule has 2 aromatic rings. The lowest BCUT2D eigenvalue weighted by atomic mass is 9.65. The summed E-state index contributed by atoms with van der Waals surface area (Å²) in [6.07, 6.45) is 9.42. The van der Waals surface area contributed by atoms with Crippen molar-refractivity contribution in [2.24, 2.45) is 11.3 Å². The molecule has 0 amide bonds. The van der Waals surface area contributed by atoms with E-state index in [1.807, 2.05) is 11.8 Å². The number of hydrogen-bond acceptors (Lipinski definition) is 3. The van der Waals surface area contributed by atoms with Gasteiger partial charge in [0.15, 0.2) is 0 Å². The summed E-state index contributed by atoms with van der Waals surface area (Å²) >= 11 is 1.86. The summed E-state index contributed by atoms with van der Waals surface area (Å²) in [7, 11) is 0. The highest BCUT2D eigenvalue weighted by molar-refractivity contribution is 7.98. The Morgan fingerprint density at radius 2 is 1.91 bits per heavy atom. The van der Waals surface area contributed by atoms with Gasteiger partial charge in [-0.25, -0.2) is 0 Å². The Labute approximate surface area is 212 Å². The summed E-state index contributed by atoms with van der Waals surface area (Å²) in [5.74, 6) is 1.75. The predicted octanol–water partition coefficient (Wildman–Crippen LogP) is 7.57. The molecule has 2 aromatic carbocycles. The summed E-state index contributed by atoms with van der Waals surface area (Å²) in [4.78, 5) is 2.53. The average molecular weight is 478 g/mol. The van der Waals surface area contributed by atoms with Crippen LogP contribution in [0.5, 0.6) is 0 Å². The highest BCUT2D eigenvalue weighted by atomic mass is 32.2. The average Bonchev–Trinajstić information content (AvgIpc) is 2.84. The van der Waals surface area contributed by atoms with Crippen LogP contribution in [-0.4, -0.2) is 36.6 Å². The van der Waals surface area contributed by atoms with E-state index in [0.717, 1.165) is 44.7 Å². The van der Waals surface area contributed by atoms with E-state index in [2.05, 4.69) is 81.0 Å². The summed E-state index contributed by atoms with van der Waals surface area (Å²) in [6.45, 7) is 14.4. The molecule has 1 saturated heterocycles. The quantitative estimate of drug-likeness (QED) is 0.346. The Morgan fingerprint density at radius 1 is 1.15 bits per heavy atom. The summed E-state index contributed by atoms with van der Waals surface area (Å²) in [6, 6.07) is 16.0. The molecule has 4 rings (SSSR count). The fraction of sp³-hybridized carbons (Fsp3) is 0.548. The van der Waals surface area contributed by atoms with Gasteiger partial charge in [0.25, 0.3) is 0 Å². The highest BCUT2D eigenvalue weighted by Gasteiger charge is 2.41. The minimum atomic E-state index is 0.243. The topological polar surface area (TPSA) is 12.5 Å². The monoisotopic (exact) mass is 477 g/mol. The van der Waals surface area contributed by atoms with E-state index in [4.69, 9.17) is 4.74 Å². The van der Waals surface area contributed by atoms with Gasteiger partial charge in [0, 0.05) is 24.5 Å². The fourth-order valence-electron chi connectivity index (χ4n) is 6.00. The molecule has 1 heterocycles. The first-order valence-corrected chi connectivity index (χ1v) is 14.6. The molecule has 0 aromatic heterocycles. The van der Waals surface area contributed by atoms with E-state index in [1.165, 1.54) is 52.8 Å². The number of benzene rings is 2. The van der Waals surface area contributed by atoms with Crippen LogP contribution < -0.4 is 0 Å². The van der Waals surface area contributed by atoms with Crippen LogP contribution in [0.2, 0.25) is 0 Å². The van der Waals surface area contributed by atoms with Crippen molar-refractivity contribution in [1.29, 1.82) is 0 Å². The molecule has 1 aliphatic carbocycles. The number of thioether (sulfide) groups is 1. The normalized spacial score (nSPS) is 19.4. The first-order valence-electron chi connectivity index (χ1n) is 13.2. The molecule has 3 heteroatoms. The van der Waals surface area contributed by atoms with E-state index in [-0.39, 0.29) is 6.10 Å². The molecule has 1 aliphatic heterocycles. The van der Waals surface area contributed by atoms with Gasteiger partial charge in [-0.05, 0) is 90.0 Å². The number of hydrogen-bond donors (Lipinski definition) is 0. The number of rotatable bonds is 9. The summed E-state index contributed by atoms with van der Waals surface area (Å²) < 4.78 is 6.43. The second-order valence-corrected chi connectivity index (χ2v) is 11.8. The number of piperidine rings is 1. The third-order valence-electron chi connectivity index (χ3n) is 7.95. The summed E-state index contributed by atoms with van der Waals surface area (Å²) in [5, 5.41) is 0. The first-order chi connectivity index (χ1) is 16.4. The minimum absolute atomic E-state index is 0.243. The van der Waals surface area contributed by atoms with Crippen molar-refractivity contribution in [3.05, 3.63) is 76.9 Å². The lowest BCUT2D eigenvalue weighted by Crippen LogP contribution is -2.43. The standard InChI is InChI=1S/C31H43NOS/c1-6-25-20-26(11-12-27(25)19-23(2)3)24(4)32-15-13-31(14-16-32)21-28-9-7-8-10-29(28)30(22-31)33-17-18-34-5/h7-12,20,23,30H,4,6,13-19,21-22H2,1-3,5H3. The molecule has 1 spiro atoms. The molecule has 1 atom stereocenters. The van der Waals surface area contributed by atoms with Crippen LogP contribution in [0, 0.1) is 11.3 Å². The molecule has 0 bridgehead atoms. The molecule has 2 aliphatic rings. The third-order valence-corrected chi connectivity index (χ3v) is 8.52. The first kappa shape index (κ1) is 25.4. The minimum Gasteiger partial charge on any atom is -0.373 e. The third kappa shape index (κ3) is 5.74. The Bertz CT molecular complexity index is 973. The smallest absolute Gasteiger partial charge is 0.0833 e. The Hall–Kier alpha value is -1.71. The van der Waals surface area contributed by atoms with E-state index >= 15 is 0 Å². The second-order valence-electron chi connectivity index (χ2n) is 10.8. The van der Waals surface area contributed by atoms with Gasteiger partial charge in [0.2, 0.25) is 0 Å². The van der Waals surface area contributed by atoms with Crippen LogP contribution in [0.25, 0.3) is 5.70 Å². The predicted molar refractivity (Wildman–Crippen MR) is 148 cm³/mol. The van der Waals surface area contributed by atoms with Crippen molar-refractivity contribution in [2.45, 2.75) is 65.4 Å². The van der Waals surface area contributed by atoms with Crippen molar-refractivity contribution < 1.29 is 4.74 Å². The molecule has 0 radical (unpaired) electrons. The zero-order valence-electron chi connectivity index (χ0n) is 21.7. The molecule has 0 N–H and O–H groups in total. The lowest BCUT2D eigenvalue weighted by molar-refractivity contribution is -0.00667. The molecule has 1 fully saturated rings. The van der Waals surface area contributed by atoms with Gasteiger partial charge in [0.1, 0.15) is 0 Å². The maximum Gasteiger partial charge on any atom is 0.0833 e. The van der Waals surface area contributed by atoms with Crippen LogP contribution in [0.1, 0.15) is 74.0 Å². The largest absolute Gasteiger partial charge is 0.373 e. The van der Waals surface area contributed by atoms with Crippen molar-refractivity contribution in [1.82, 2.24) is 4.90 Å². The molecule has 0 saturated carbocycles. The van der Waals surface area contributed by atoms with Gasteiger partial charge in [0.05, 0.1) is 12.7 Å². The number of aryl methyl sites for hydroxylation is 1. The molecule has 1 unspecified atom stereocenters. The van der Waals surface area contributed by atoms with E-state index in [1.54, 1.807) is 0 Å². The number of nitrogens with zero attached hydrogens (tertiary/aromatic N) is 1. The molecular weight excluding hydrogens is 434 g/mol. The van der Waals surface area contributed by atoms with Crippen LogP contribution in [0.3, 0.4) is 0 Å². The van der Waals surface area contributed by atoms with Gasteiger partial charge in [-0.1, -0.05) is 63.7 Å². The van der Waals surface area contributed by atoms with Crippen molar-refractivity contribution >= 4 is 17.5 Å². The van der Waals surface area contributed by atoms with Gasteiger partial charge in [-0.3, -0.25) is 0 Å². The van der Waals surface area contributed by atoms with Crippen molar-refractivity contribution in [3.8, 4) is 0 Å². The van der Waals surface area contributed by atoms with Gasteiger partial charge < -0.3 is 9.64 Å². The fourth-order valence-corrected chi connectivity index (χ4v) is 6.26. The number of likely N-dealkylation sites (tertiary alicyclic amines) is 1. The van der Waals surface area contributed by atoms with Crippen LogP contribution in [0.15, 0.2) is 49.0 Å². The molecule has 2 nitrogen and oxygen atoms in total. The zero-order chi connectivity index (χ0) is 24.1. The van der Waals surface area contributed by atoms with E-state index in [9.17, 15) is 0 Å². The second kappa shape index (κ2) is 11.4. The van der Waals surface area contributed by atoms with Gasteiger partial charge >= 0.3 is 0 Å². The maximum atomic E-state index is 6.43. The SMILES string of the molecule is C=C(c1ccc(CC(C)C)c(CC)c1)N1CCC2(CC1)Cc1ccccc1C(OCCSC)C2. The van der Waals surface area contributed by atoms with Gasteiger partial charge in [-0.2, -0.15) is 11.8 Å². The van der Waals surface area contributed by atoms with Gasteiger partial charge in [-0.15, -0.1) is 0 Å². The molecule has 184 valence electrons. The van der Waals surface area contributed by atoms with E-state index in [0.29, 0.717) is 11.3 Å². The Morgan fingerprint density at radius 3 is 2.62 bits per heavy atom. The van der Waals surface area contributed by atoms with Crippen molar-refractivity contribution in [3.63, 3.8) is 0 Å². The molecule has 34 heavy (non-hydrogen) atoms. The van der Waals surface area contributed by atoms with Crippen LogP contribution >= 0.6 is 11.8 Å². The Balaban J connectivity index is 1.44. The number of ether oxygens (including phenoxy) is 1. The number of fused-ring (bicyclic) bond motifs is 1. The van der Waals surface area contributed by atoms with Crippen molar-refractivity contribution in [2.75, 3.05) is 31.7 Å². The van der Waals surface area contributed by atoms with Crippen LogP contribution in [-0.2, 0) is 24.0 Å². The molecular formula is C31H43NOS. The van der Waals surface area contributed by atoms with Crippen LogP contribution in [0.4, 0.5) is 0 Å². The highest BCUT2D eigenvalue weighted by Crippen LogP contribution is 2.49. The summed E-state index contributed by atoms with van der Waals surface area (Å²) in [5.41, 5.74) is 8.76. The van der Waals surface area contributed by atoms with E-state index < -0.39 is 0 Å². The maximum absolute atomic E-state index is 6.43. The Kier molecular flexibility index (Phi) is 8.47. The zero-order valence-corrected chi connectivity index (χ0v) is 22.6. The lowest BCUT2D eigenvalue weighted by Gasteiger charge is -2.48.